The molecule has 0 fully saturated rings. The molecule has 0 saturated heterocycles. The number of hydrogen-bond donors (Lipinski definition) is 0. The average molecular weight is 268 g/mol. The van der Waals surface area contributed by atoms with Gasteiger partial charge < -0.3 is 4.79 Å². The van der Waals surface area contributed by atoms with Crippen LogP contribution in [0.1, 0.15) is 0 Å². The van der Waals surface area contributed by atoms with Gasteiger partial charge in [-0.05, 0) is 31.9 Å². The lowest BCUT2D eigenvalue weighted by atomic mass is 10.8. The Labute approximate surface area is 75.1 Å². The lowest BCUT2D eigenvalue weighted by Gasteiger charge is -1.85. The summed E-state index contributed by atoms with van der Waals surface area (Å²) in [5.41, 5.74) is 0. The zero-order valence-electron chi connectivity index (χ0n) is 4.92. The van der Waals surface area contributed by atoms with Crippen LogP contribution in [-0.2, 0) is 4.79 Å². The summed E-state index contributed by atoms with van der Waals surface area (Å²) in [5.74, 6) is 0. The number of halogens is 2. The smallest absolute Gasteiger partial charge is 0.124 e. The fourth-order valence-corrected chi connectivity index (χ4v) is 0.706. The highest BCUT2D eigenvalue weighted by Crippen LogP contribution is 2.06. The van der Waals surface area contributed by atoms with Crippen LogP contribution in [0.15, 0.2) is 21.6 Å². The molecule has 0 N–H and O–H groups in total. The third-order valence-corrected chi connectivity index (χ3v) is 1.41. The van der Waals surface area contributed by atoms with Crippen molar-refractivity contribution < 1.29 is 4.79 Å². The predicted molar refractivity (Wildman–Crippen MR) is 44.6 cm³/mol. The van der Waals surface area contributed by atoms with Crippen molar-refractivity contribution in [3.8, 4) is 0 Å². The quantitative estimate of drug-likeness (QED) is 0.720. The van der Waals surface area contributed by atoms with Gasteiger partial charge in [0.25, 0.3) is 0 Å². The second-order valence-corrected chi connectivity index (χ2v) is 2.79. The Kier molecular flexibility index (Phi) is 5.33. The maximum absolute atomic E-state index is 8.00. The molecule has 0 spiro atoms. The molecule has 0 radical (unpaired) electrons. The first-order chi connectivity index (χ1) is 4.79. The van der Waals surface area contributed by atoms with E-state index in [9.17, 15) is 0 Å². The van der Waals surface area contributed by atoms with E-state index in [2.05, 4.69) is 41.8 Å². The highest BCUT2D eigenvalue weighted by Gasteiger charge is 1.85. The van der Waals surface area contributed by atoms with Gasteiger partial charge in [-0.2, -0.15) is 0 Å². The summed E-state index contributed by atoms with van der Waals surface area (Å²) >= 11 is 6.30. The van der Waals surface area contributed by atoms with Gasteiger partial charge in [-0.15, -0.1) is 0 Å². The van der Waals surface area contributed by atoms with E-state index in [1.807, 2.05) is 6.79 Å². The van der Waals surface area contributed by atoms with Crippen molar-refractivity contribution in [3.63, 3.8) is 0 Å². The van der Waals surface area contributed by atoms with Gasteiger partial charge in [-0.3, -0.25) is 0 Å². The normalized spacial score (nSPS) is 7.80. The summed E-state index contributed by atoms with van der Waals surface area (Å²) in [6.07, 6.45) is 3.26. The molecule has 0 aliphatic carbocycles. The molecule has 1 heterocycles. The summed E-state index contributed by atoms with van der Waals surface area (Å²) in [7, 11) is 0. The number of carbonyl (C=O) groups excluding carboxylic acids is 1. The van der Waals surface area contributed by atoms with Crippen molar-refractivity contribution in [2.75, 3.05) is 0 Å². The van der Waals surface area contributed by atoms with E-state index in [1.165, 1.54) is 0 Å². The molecular formula is C5H4Br2N2O. The first-order valence-electron chi connectivity index (χ1n) is 2.21. The Morgan fingerprint density at radius 3 is 1.60 bits per heavy atom. The maximum Gasteiger partial charge on any atom is 0.124 e. The molecule has 0 bridgehead atoms. The summed E-state index contributed by atoms with van der Waals surface area (Å²) in [6.45, 7) is 2.00. The highest BCUT2D eigenvalue weighted by molar-refractivity contribution is 9.10. The molecule has 0 amide bonds. The molecule has 1 rings (SSSR count). The van der Waals surface area contributed by atoms with Crippen molar-refractivity contribution in [1.82, 2.24) is 9.97 Å². The summed E-state index contributed by atoms with van der Waals surface area (Å²) in [6, 6.07) is 0. The lowest BCUT2D eigenvalue weighted by Crippen LogP contribution is -1.76. The Hall–Kier alpha value is -0.290. The standard InChI is InChI=1S/C4H2Br2N2.CH2O/c5-3-1-7-4(6)2-8-3;1-2/h1-2H;1H2. The van der Waals surface area contributed by atoms with Crippen molar-refractivity contribution in [2.45, 2.75) is 0 Å². The number of carbonyl (C=O) groups is 1. The Balaban J connectivity index is 0.000000371. The van der Waals surface area contributed by atoms with E-state index in [4.69, 9.17) is 4.79 Å². The second kappa shape index (κ2) is 5.49. The van der Waals surface area contributed by atoms with E-state index >= 15 is 0 Å². The lowest BCUT2D eigenvalue weighted by molar-refractivity contribution is -0.0979. The molecule has 1 aromatic heterocycles. The van der Waals surface area contributed by atoms with Crippen LogP contribution in [0, 0.1) is 0 Å². The molecule has 0 saturated carbocycles. The van der Waals surface area contributed by atoms with Crippen LogP contribution in [0.25, 0.3) is 0 Å². The molecule has 0 atom stereocenters. The third-order valence-electron chi connectivity index (χ3n) is 0.589. The molecule has 0 unspecified atom stereocenters. The fraction of sp³-hybridized carbons (Fsp3) is 0. The van der Waals surface area contributed by atoms with Crippen LogP contribution in [0.3, 0.4) is 0 Å². The van der Waals surface area contributed by atoms with E-state index in [0.717, 1.165) is 9.21 Å². The van der Waals surface area contributed by atoms with E-state index in [0.29, 0.717) is 0 Å². The SMILES string of the molecule is Brc1cnc(Br)cn1.C=O. The van der Waals surface area contributed by atoms with Gasteiger partial charge in [0.1, 0.15) is 16.0 Å². The van der Waals surface area contributed by atoms with E-state index < -0.39 is 0 Å². The number of nitrogens with zero attached hydrogens (tertiary/aromatic N) is 2. The zero-order valence-corrected chi connectivity index (χ0v) is 8.09. The third kappa shape index (κ3) is 3.68. The van der Waals surface area contributed by atoms with Crippen LogP contribution < -0.4 is 0 Å². The molecule has 0 aliphatic heterocycles. The number of aromatic nitrogens is 2. The molecule has 1 aromatic rings. The van der Waals surface area contributed by atoms with Crippen molar-refractivity contribution >= 4 is 38.6 Å². The van der Waals surface area contributed by atoms with Gasteiger partial charge in [-0.1, -0.05) is 0 Å². The van der Waals surface area contributed by atoms with Crippen LogP contribution in [0.5, 0.6) is 0 Å². The summed E-state index contributed by atoms with van der Waals surface area (Å²) in [5, 5.41) is 0. The highest BCUT2D eigenvalue weighted by atomic mass is 79.9. The number of hydrogen-bond acceptors (Lipinski definition) is 3. The van der Waals surface area contributed by atoms with Gasteiger partial charge in [0.2, 0.25) is 0 Å². The number of rotatable bonds is 0. The monoisotopic (exact) mass is 266 g/mol. The minimum Gasteiger partial charge on any atom is -0.307 e. The largest absolute Gasteiger partial charge is 0.307 e. The van der Waals surface area contributed by atoms with Crippen molar-refractivity contribution in [2.24, 2.45) is 0 Å². The molecule has 0 aromatic carbocycles. The Morgan fingerprint density at radius 2 is 1.40 bits per heavy atom. The predicted octanol–water partition coefficient (Wildman–Crippen LogP) is 1.82. The topological polar surface area (TPSA) is 42.9 Å². The van der Waals surface area contributed by atoms with Crippen molar-refractivity contribution in [3.05, 3.63) is 21.6 Å². The van der Waals surface area contributed by atoms with E-state index in [-0.39, 0.29) is 0 Å². The van der Waals surface area contributed by atoms with E-state index in [1.54, 1.807) is 12.4 Å². The van der Waals surface area contributed by atoms with Crippen LogP contribution in [0.4, 0.5) is 0 Å². The first-order valence-corrected chi connectivity index (χ1v) is 3.79. The second-order valence-electron chi connectivity index (χ2n) is 1.16. The van der Waals surface area contributed by atoms with Gasteiger partial charge in [0.15, 0.2) is 0 Å². The van der Waals surface area contributed by atoms with Crippen LogP contribution in [-0.4, -0.2) is 16.8 Å². The maximum atomic E-state index is 8.00. The van der Waals surface area contributed by atoms with Gasteiger partial charge in [0.05, 0.1) is 12.4 Å². The molecule has 5 heteroatoms. The summed E-state index contributed by atoms with van der Waals surface area (Å²) in [4.78, 5) is 15.8. The van der Waals surface area contributed by atoms with Crippen molar-refractivity contribution in [1.29, 1.82) is 0 Å². The van der Waals surface area contributed by atoms with Gasteiger partial charge in [0, 0.05) is 0 Å². The van der Waals surface area contributed by atoms with Gasteiger partial charge >= 0.3 is 0 Å². The molecule has 0 aliphatic rings. The first kappa shape index (κ1) is 9.71. The minimum atomic E-state index is 0.751. The Bertz CT molecular complexity index is 168. The average Bonchev–Trinajstić information content (AvgIpc) is 2.00. The van der Waals surface area contributed by atoms with Crippen LogP contribution >= 0.6 is 31.9 Å². The molecular weight excluding hydrogens is 264 g/mol. The Morgan fingerprint density at radius 1 is 1.10 bits per heavy atom. The van der Waals surface area contributed by atoms with Crippen LogP contribution in [0.2, 0.25) is 0 Å². The fourth-order valence-electron chi connectivity index (χ4n) is 0.297. The molecule has 3 nitrogen and oxygen atoms in total. The van der Waals surface area contributed by atoms with Gasteiger partial charge in [-0.25, -0.2) is 9.97 Å². The zero-order chi connectivity index (χ0) is 7.98. The molecule has 10 heavy (non-hydrogen) atoms. The summed E-state index contributed by atoms with van der Waals surface area (Å²) < 4.78 is 1.50. The minimum absolute atomic E-state index is 0.751. The molecule has 54 valence electrons.